The van der Waals surface area contributed by atoms with Crippen LogP contribution in [0.25, 0.3) is 5.52 Å². The Labute approximate surface area is 141 Å². The molecule has 0 unspecified atom stereocenters. The maximum atomic E-state index is 12.4. The number of anilines is 1. The predicted octanol–water partition coefficient (Wildman–Crippen LogP) is 1.65. The van der Waals surface area contributed by atoms with Crippen LogP contribution in [0.3, 0.4) is 0 Å². The van der Waals surface area contributed by atoms with Gasteiger partial charge in [-0.05, 0) is 30.9 Å². The Bertz CT molecular complexity index is 851. The first kappa shape index (κ1) is 16.8. The van der Waals surface area contributed by atoms with Gasteiger partial charge in [0.1, 0.15) is 0 Å². The molecule has 3 heterocycles. The van der Waals surface area contributed by atoms with E-state index in [1.54, 1.807) is 24.6 Å². The molecule has 8 heteroatoms. The summed E-state index contributed by atoms with van der Waals surface area (Å²) in [5, 5.41) is 4.14. The van der Waals surface area contributed by atoms with E-state index in [4.69, 9.17) is 0 Å². The third-order valence-electron chi connectivity index (χ3n) is 4.02. The summed E-state index contributed by atoms with van der Waals surface area (Å²) in [6, 6.07) is 3.85. The Kier molecular flexibility index (Phi) is 4.49. The van der Waals surface area contributed by atoms with Crippen molar-refractivity contribution in [2.75, 3.05) is 23.7 Å². The molecule has 1 amide bonds. The number of sulfonamides is 1. The van der Waals surface area contributed by atoms with Crippen LogP contribution in [-0.2, 0) is 10.0 Å². The monoisotopic (exact) mass is 350 g/mol. The Balaban J connectivity index is 1.88. The summed E-state index contributed by atoms with van der Waals surface area (Å²) in [7, 11) is -3.65. The topological polar surface area (TPSA) is 83.8 Å². The zero-order valence-corrected chi connectivity index (χ0v) is 14.7. The first-order valence-corrected chi connectivity index (χ1v) is 9.78. The number of hydrogen-bond acceptors (Lipinski definition) is 5. The van der Waals surface area contributed by atoms with Gasteiger partial charge in [0.15, 0.2) is 0 Å². The third-order valence-corrected chi connectivity index (χ3v) is 5.62. The van der Waals surface area contributed by atoms with Gasteiger partial charge in [-0.25, -0.2) is 17.7 Å². The van der Waals surface area contributed by atoms with Crippen molar-refractivity contribution in [3.8, 4) is 0 Å². The van der Waals surface area contributed by atoms with Gasteiger partial charge in [0.25, 0.3) is 5.91 Å². The Morgan fingerprint density at radius 2 is 2.04 bits per heavy atom. The molecule has 2 aromatic rings. The molecule has 1 fully saturated rings. The van der Waals surface area contributed by atoms with Gasteiger partial charge in [-0.1, -0.05) is 13.8 Å². The summed E-state index contributed by atoms with van der Waals surface area (Å²) in [4.78, 5) is 14.6. The molecule has 7 nitrogen and oxygen atoms in total. The zero-order valence-electron chi connectivity index (χ0n) is 13.9. The number of carbonyl (C=O) groups excluding carboxylic acids is 1. The maximum Gasteiger partial charge on any atom is 0.268 e. The van der Waals surface area contributed by atoms with Gasteiger partial charge in [-0.3, -0.25) is 4.79 Å². The number of fused-ring (bicyclic) bond motifs is 1. The summed E-state index contributed by atoms with van der Waals surface area (Å²) in [5.41, 5.74) is 1.90. The largest absolute Gasteiger partial charge is 0.371 e. The van der Waals surface area contributed by atoms with Crippen LogP contribution in [0.1, 0.15) is 37.0 Å². The molecule has 0 aliphatic carbocycles. The standard InChI is InChI=1S/C16H22N4O3S/c1-12(2)11-24(22,23)18-16(21)14-10-17-20-8-5-13(9-15(14)20)19-6-3-4-7-19/h5,8-10,12H,3-4,6-7,11H2,1-2H3,(H,18,21). The lowest BCUT2D eigenvalue weighted by molar-refractivity contribution is 0.0983. The molecule has 0 saturated carbocycles. The van der Waals surface area contributed by atoms with Crippen LogP contribution in [0.4, 0.5) is 5.69 Å². The second kappa shape index (κ2) is 6.43. The van der Waals surface area contributed by atoms with Crippen LogP contribution in [0, 0.1) is 5.92 Å². The first-order valence-electron chi connectivity index (χ1n) is 8.13. The van der Waals surface area contributed by atoms with Crippen LogP contribution in [-0.4, -0.2) is 42.8 Å². The minimum atomic E-state index is -3.65. The molecule has 1 saturated heterocycles. The number of rotatable bonds is 5. The number of pyridine rings is 1. The molecule has 24 heavy (non-hydrogen) atoms. The molecule has 130 valence electrons. The summed E-state index contributed by atoms with van der Waals surface area (Å²) in [6.45, 7) is 5.58. The summed E-state index contributed by atoms with van der Waals surface area (Å²) < 4.78 is 27.7. The molecule has 0 atom stereocenters. The van der Waals surface area contributed by atoms with Gasteiger partial charge in [0, 0.05) is 25.0 Å². The van der Waals surface area contributed by atoms with E-state index in [1.807, 2.05) is 12.1 Å². The van der Waals surface area contributed by atoms with Crippen molar-refractivity contribution >= 4 is 27.1 Å². The lowest BCUT2D eigenvalue weighted by Crippen LogP contribution is -2.33. The highest BCUT2D eigenvalue weighted by Gasteiger charge is 2.21. The van der Waals surface area contributed by atoms with E-state index in [2.05, 4.69) is 14.7 Å². The first-order chi connectivity index (χ1) is 11.4. The van der Waals surface area contributed by atoms with Crippen LogP contribution >= 0.6 is 0 Å². The van der Waals surface area contributed by atoms with Crippen molar-refractivity contribution in [2.24, 2.45) is 5.92 Å². The van der Waals surface area contributed by atoms with Gasteiger partial charge in [-0.15, -0.1) is 0 Å². The Morgan fingerprint density at radius 3 is 2.71 bits per heavy atom. The number of nitrogens with one attached hydrogen (secondary N) is 1. The average Bonchev–Trinajstić information content (AvgIpc) is 3.14. The summed E-state index contributed by atoms with van der Waals surface area (Å²) in [5.74, 6) is -0.776. The number of carbonyl (C=O) groups is 1. The Hall–Kier alpha value is -2.09. The quantitative estimate of drug-likeness (QED) is 0.886. The van der Waals surface area contributed by atoms with Crippen molar-refractivity contribution in [1.82, 2.24) is 14.3 Å². The predicted molar refractivity (Wildman–Crippen MR) is 92.7 cm³/mol. The highest BCUT2D eigenvalue weighted by atomic mass is 32.2. The van der Waals surface area contributed by atoms with Gasteiger partial charge in [0.05, 0.1) is 23.0 Å². The van der Waals surface area contributed by atoms with Crippen LogP contribution in [0.5, 0.6) is 0 Å². The fourth-order valence-electron chi connectivity index (χ4n) is 2.99. The van der Waals surface area contributed by atoms with Gasteiger partial charge >= 0.3 is 0 Å². The highest BCUT2D eigenvalue weighted by Crippen LogP contribution is 2.23. The minimum absolute atomic E-state index is 0.0547. The van der Waals surface area contributed by atoms with Crippen LogP contribution in [0.2, 0.25) is 0 Å². The van der Waals surface area contributed by atoms with E-state index >= 15 is 0 Å². The molecular formula is C16H22N4O3S. The zero-order chi connectivity index (χ0) is 17.3. The normalized spacial score (nSPS) is 15.4. The van der Waals surface area contributed by atoms with E-state index in [1.165, 1.54) is 6.20 Å². The van der Waals surface area contributed by atoms with E-state index in [0.29, 0.717) is 5.52 Å². The molecule has 0 aromatic carbocycles. The van der Waals surface area contributed by atoms with Crippen LogP contribution in [0.15, 0.2) is 24.5 Å². The van der Waals surface area contributed by atoms with E-state index in [-0.39, 0.29) is 17.2 Å². The summed E-state index contributed by atoms with van der Waals surface area (Å²) >= 11 is 0. The number of nitrogens with zero attached hydrogens (tertiary/aromatic N) is 3. The molecule has 0 bridgehead atoms. The molecule has 0 radical (unpaired) electrons. The second-order valence-corrected chi connectivity index (χ2v) is 8.34. The van der Waals surface area contributed by atoms with E-state index in [9.17, 15) is 13.2 Å². The lowest BCUT2D eigenvalue weighted by atomic mass is 10.2. The average molecular weight is 350 g/mol. The van der Waals surface area contributed by atoms with Crippen molar-refractivity contribution in [1.29, 1.82) is 0 Å². The molecule has 0 spiro atoms. The summed E-state index contributed by atoms with van der Waals surface area (Å²) in [6.07, 6.45) is 5.52. The van der Waals surface area contributed by atoms with Gasteiger partial charge < -0.3 is 4.90 Å². The highest BCUT2D eigenvalue weighted by molar-refractivity contribution is 7.90. The maximum absolute atomic E-state index is 12.4. The number of amides is 1. The Morgan fingerprint density at radius 1 is 1.33 bits per heavy atom. The van der Waals surface area contributed by atoms with Crippen molar-refractivity contribution < 1.29 is 13.2 Å². The molecule has 3 rings (SSSR count). The smallest absolute Gasteiger partial charge is 0.268 e. The van der Waals surface area contributed by atoms with Gasteiger partial charge in [0.2, 0.25) is 10.0 Å². The van der Waals surface area contributed by atoms with Crippen molar-refractivity contribution in [3.63, 3.8) is 0 Å². The minimum Gasteiger partial charge on any atom is -0.371 e. The molecule has 1 aliphatic rings. The molecule has 1 aliphatic heterocycles. The molecule has 2 aromatic heterocycles. The number of aromatic nitrogens is 2. The fourth-order valence-corrected chi connectivity index (χ4v) is 4.35. The SMILES string of the molecule is CC(C)CS(=O)(=O)NC(=O)c1cnn2ccc(N3CCCC3)cc12. The van der Waals surface area contributed by atoms with E-state index in [0.717, 1.165) is 31.6 Å². The second-order valence-electron chi connectivity index (χ2n) is 6.57. The third kappa shape index (κ3) is 3.53. The van der Waals surface area contributed by atoms with E-state index < -0.39 is 15.9 Å². The lowest BCUT2D eigenvalue weighted by Gasteiger charge is -2.17. The van der Waals surface area contributed by atoms with Crippen LogP contribution < -0.4 is 9.62 Å². The van der Waals surface area contributed by atoms with Crippen molar-refractivity contribution in [3.05, 3.63) is 30.1 Å². The van der Waals surface area contributed by atoms with Crippen molar-refractivity contribution in [2.45, 2.75) is 26.7 Å². The molecular weight excluding hydrogens is 328 g/mol. The number of hydrogen-bond donors (Lipinski definition) is 1. The fraction of sp³-hybridized carbons (Fsp3) is 0.500. The molecule has 1 N–H and O–H groups in total. The van der Waals surface area contributed by atoms with Gasteiger partial charge in [-0.2, -0.15) is 5.10 Å².